The summed E-state index contributed by atoms with van der Waals surface area (Å²) in [5.74, 6) is 0.873. The van der Waals surface area contributed by atoms with E-state index in [-0.39, 0.29) is 0 Å². The summed E-state index contributed by atoms with van der Waals surface area (Å²) in [6.45, 7) is 5.37. The van der Waals surface area contributed by atoms with Crippen molar-refractivity contribution in [1.29, 1.82) is 0 Å². The first-order valence-corrected chi connectivity index (χ1v) is 8.28. The quantitative estimate of drug-likeness (QED) is 0.818. The van der Waals surface area contributed by atoms with Crippen LogP contribution < -0.4 is 15.8 Å². The maximum absolute atomic E-state index is 5.99. The van der Waals surface area contributed by atoms with Crippen LogP contribution in [0.1, 0.15) is 39.0 Å². The second kappa shape index (κ2) is 6.56. The van der Waals surface area contributed by atoms with Crippen LogP contribution in [0, 0.1) is 0 Å². The van der Waals surface area contributed by atoms with Gasteiger partial charge in [0.1, 0.15) is 5.75 Å². The summed E-state index contributed by atoms with van der Waals surface area (Å²) >= 11 is 0. The van der Waals surface area contributed by atoms with Crippen molar-refractivity contribution in [3.8, 4) is 5.75 Å². The highest BCUT2D eigenvalue weighted by molar-refractivity contribution is 5.59. The molecule has 0 bridgehead atoms. The van der Waals surface area contributed by atoms with E-state index in [1.54, 1.807) is 0 Å². The number of rotatable bonds is 5. The Labute approximate surface area is 127 Å². The van der Waals surface area contributed by atoms with Gasteiger partial charge in [-0.2, -0.15) is 0 Å². The van der Waals surface area contributed by atoms with Gasteiger partial charge < -0.3 is 20.7 Å². The van der Waals surface area contributed by atoms with Crippen molar-refractivity contribution in [2.24, 2.45) is 0 Å². The molecule has 4 nitrogen and oxygen atoms in total. The second-order valence-corrected chi connectivity index (χ2v) is 6.34. The molecule has 0 aliphatic carbocycles. The third-order valence-electron chi connectivity index (χ3n) is 4.59. The summed E-state index contributed by atoms with van der Waals surface area (Å²) in [4.78, 5) is 2.65. The number of nitrogens with one attached hydrogen (secondary N) is 1. The van der Waals surface area contributed by atoms with E-state index in [4.69, 9.17) is 10.5 Å². The Morgan fingerprint density at radius 1 is 1.29 bits per heavy atom. The molecule has 0 spiro atoms. The predicted octanol–water partition coefficient (Wildman–Crippen LogP) is 3.10. The van der Waals surface area contributed by atoms with E-state index >= 15 is 0 Å². The number of hydrogen-bond acceptors (Lipinski definition) is 4. The van der Waals surface area contributed by atoms with Gasteiger partial charge in [-0.15, -0.1) is 0 Å². The third kappa shape index (κ3) is 3.62. The zero-order chi connectivity index (χ0) is 14.7. The SMILES string of the molecule is CCCOc1cc(N)cc(NC2CCN3CCCC3C2)c1. The Hall–Kier alpha value is -1.42. The Balaban J connectivity index is 1.62. The topological polar surface area (TPSA) is 50.5 Å². The van der Waals surface area contributed by atoms with Crippen molar-refractivity contribution >= 4 is 11.4 Å². The van der Waals surface area contributed by atoms with Crippen LogP contribution in [0.3, 0.4) is 0 Å². The minimum Gasteiger partial charge on any atom is -0.493 e. The molecule has 0 saturated carbocycles. The molecule has 0 aromatic heterocycles. The van der Waals surface area contributed by atoms with Crippen LogP contribution in [0.5, 0.6) is 5.75 Å². The standard InChI is InChI=1S/C17H27N3O/c1-2-8-21-17-10-13(18)9-15(12-17)19-14-5-7-20-6-3-4-16(20)11-14/h9-10,12,14,16,19H,2-8,11,18H2,1H3. The molecule has 1 aromatic rings. The highest BCUT2D eigenvalue weighted by atomic mass is 16.5. The van der Waals surface area contributed by atoms with E-state index in [1.807, 2.05) is 12.1 Å². The summed E-state index contributed by atoms with van der Waals surface area (Å²) < 4.78 is 5.71. The largest absolute Gasteiger partial charge is 0.493 e. The maximum atomic E-state index is 5.99. The number of anilines is 2. The fourth-order valence-electron chi connectivity index (χ4n) is 3.60. The highest BCUT2D eigenvalue weighted by Gasteiger charge is 2.31. The molecule has 0 amide bonds. The van der Waals surface area contributed by atoms with Crippen LogP contribution in [0.2, 0.25) is 0 Å². The molecule has 3 rings (SSSR count). The maximum Gasteiger partial charge on any atom is 0.123 e. The first-order chi connectivity index (χ1) is 10.2. The van der Waals surface area contributed by atoms with Crippen molar-refractivity contribution in [2.75, 3.05) is 30.7 Å². The van der Waals surface area contributed by atoms with Gasteiger partial charge in [0, 0.05) is 42.1 Å². The zero-order valence-electron chi connectivity index (χ0n) is 13.0. The smallest absolute Gasteiger partial charge is 0.123 e. The van der Waals surface area contributed by atoms with Gasteiger partial charge in [0.2, 0.25) is 0 Å². The molecule has 2 saturated heterocycles. The van der Waals surface area contributed by atoms with Crippen molar-refractivity contribution in [3.63, 3.8) is 0 Å². The van der Waals surface area contributed by atoms with Crippen LogP contribution in [0.15, 0.2) is 18.2 Å². The molecule has 1 aromatic carbocycles. The van der Waals surface area contributed by atoms with Crippen LogP contribution in [0.4, 0.5) is 11.4 Å². The zero-order valence-corrected chi connectivity index (χ0v) is 13.0. The Morgan fingerprint density at radius 3 is 3.05 bits per heavy atom. The monoisotopic (exact) mass is 289 g/mol. The van der Waals surface area contributed by atoms with Gasteiger partial charge in [0.05, 0.1) is 6.61 Å². The first-order valence-electron chi connectivity index (χ1n) is 8.28. The van der Waals surface area contributed by atoms with Crippen LogP contribution in [-0.2, 0) is 0 Å². The van der Waals surface area contributed by atoms with Gasteiger partial charge in [-0.05, 0) is 44.7 Å². The number of nitrogens with zero attached hydrogens (tertiary/aromatic N) is 1. The van der Waals surface area contributed by atoms with Gasteiger partial charge in [0.25, 0.3) is 0 Å². The first kappa shape index (κ1) is 14.5. The Bertz CT molecular complexity index is 477. The molecule has 4 heteroatoms. The molecule has 2 atom stereocenters. The second-order valence-electron chi connectivity index (χ2n) is 6.34. The lowest BCUT2D eigenvalue weighted by Crippen LogP contribution is -2.42. The Kier molecular flexibility index (Phi) is 4.54. The summed E-state index contributed by atoms with van der Waals surface area (Å²) in [7, 11) is 0. The van der Waals surface area contributed by atoms with Gasteiger partial charge in [-0.3, -0.25) is 0 Å². The third-order valence-corrected chi connectivity index (χ3v) is 4.59. The number of ether oxygens (including phenoxy) is 1. The minimum absolute atomic E-state index is 0.560. The molecule has 21 heavy (non-hydrogen) atoms. The normalized spacial score (nSPS) is 25.6. The number of piperidine rings is 1. The molecule has 2 aliphatic heterocycles. The van der Waals surface area contributed by atoms with Crippen LogP contribution >= 0.6 is 0 Å². The van der Waals surface area contributed by atoms with Crippen LogP contribution in [0.25, 0.3) is 0 Å². The lowest BCUT2D eigenvalue weighted by Gasteiger charge is -2.35. The van der Waals surface area contributed by atoms with Crippen molar-refractivity contribution in [2.45, 2.75) is 51.1 Å². The molecule has 2 heterocycles. The van der Waals surface area contributed by atoms with E-state index in [2.05, 4.69) is 23.2 Å². The molecule has 2 unspecified atom stereocenters. The van der Waals surface area contributed by atoms with Gasteiger partial charge in [0.15, 0.2) is 0 Å². The summed E-state index contributed by atoms with van der Waals surface area (Å²) in [5, 5.41) is 3.66. The van der Waals surface area contributed by atoms with Crippen molar-refractivity contribution in [1.82, 2.24) is 4.90 Å². The van der Waals surface area contributed by atoms with Gasteiger partial charge in [-0.25, -0.2) is 0 Å². The minimum atomic E-state index is 0.560. The lowest BCUT2D eigenvalue weighted by atomic mass is 9.97. The fourth-order valence-corrected chi connectivity index (χ4v) is 3.60. The average molecular weight is 289 g/mol. The molecule has 0 radical (unpaired) electrons. The number of nitrogen functional groups attached to an aromatic ring is 1. The summed E-state index contributed by atoms with van der Waals surface area (Å²) in [6.07, 6.45) is 6.21. The van der Waals surface area contributed by atoms with Gasteiger partial charge in [-0.1, -0.05) is 6.92 Å². The fraction of sp³-hybridized carbons (Fsp3) is 0.647. The van der Waals surface area contributed by atoms with E-state index in [0.717, 1.165) is 36.2 Å². The number of hydrogen-bond donors (Lipinski definition) is 2. The molecule has 3 N–H and O–H groups in total. The van der Waals surface area contributed by atoms with Gasteiger partial charge >= 0.3 is 0 Å². The molecular weight excluding hydrogens is 262 g/mol. The summed E-state index contributed by atoms with van der Waals surface area (Å²) in [6, 6.07) is 7.34. The number of benzene rings is 1. The van der Waals surface area contributed by atoms with Crippen LogP contribution in [-0.4, -0.2) is 36.7 Å². The molecular formula is C17H27N3O. The number of fused-ring (bicyclic) bond motifs is 1. The van der Waals surface area contributed by atoms with Crippen molar-refractivity contribution in [3.05, 3.63) is 18.2 Å². The van der Waals surface area contributed by atoms with E-state index in [1.165, 1.54) is 38.8 Å². The Morgan fingerprint density at radius 2 is 2.19 bits per heavy atom. The molecule has 116 valence electrons. The lowest BCUT2D eigenvalue weighted by molar-refractivity contribution is 0.188. The number of nitrogens with two attached hydrogens (primary N) is 1. The van der Waals surface area contributed by atoms with E-state index in [9.17, 15) is 0 Å². The predicted molar refractivity (Wildman–Crippen MR) is 87.9 cm³/mol. The van der Waals surface area contributed by atoms with E-state index in [0.29, 0.717) is 6.04 Å². The summed E-state index contributed by atoms with van der Waals surface area (Å²) in [5.41, 5.74) is 7.86. The highest BCUT2D eigenvalue weighted by Crippen LogP contribution is 2.30. The molecule has 2 aliphatic rings. The molecule has 2 fully saturated rings. The van der Waals surface area contributed by atoms with E-state index < -0.39 is 0 Å². The average Bonchev–Trinajstić information content (AvgIpc) is 2.92. The van der Waals surface area contributed by atoms with Crippen molar-refractivity contribution < 1.29 is 4.74 Å².